The number of hydrogen-bond donors (Lipinski definition) is 1. The Bertz CT molecular complexity index is 1230. The Hall–Kier alpha value is -3.50. The van der Waals surface area contributed by atoms with Crippen LogP contribution in [0.1, 0.15) is 32.7 Å². The summed E-state index contributed by atoms with van der Waals surface area (Å²) >= 11 is 0. The molecule has 6 rings (SSSR count). The van der Waals surface area contributed by atoms with E-state index < -0.39 is 0 Å². The Morgan fingerprint density at radius 3 is 2.85 bits per heavy atom. The van der Waals surface area contributed by atoms with Crippen LogP contribution in [0.4, 0.5) is 11.4 Å². The molecule has 3 aromatic rings. The number of fused-ring (bicyclic) bond motifs is 2. The van der Waals surface area contributed by atoms with Gasteiger partial charge >= 0.3 is 0 Å². The third-order valence-electron chi connectivity index (χ3n) is 6.52. The van der Waals surface area contributed by atoms with Gasteiger partial charge < -0.3 is 24.6 Å². The van der Waals surface area contributed by atoms with Crippen LogP contribution in [0.5, 0.6) is 0 Å². The zero-order chi connectivity index (χ0) is 22.4. The lowest BCUT2D eigenvalue weighted by Crippen LogP contribution is -2.37. The van der Waals surface area contributed by atoms with Crippen LogP contribution < -0.4 is 10.2 Å². The van der Waals surface area contributed by atoms with E-state index in [-0.39, 0.29) is 17.9 Å². The van der Waals surface area contributed by atoms with Crippen molar-refractivity contribution in [1.82, 2.24) is 19.5 Å². The van der Waals surface area contributed by atoms with E-state index in [9.17, 15) is 9.59 Å². The maximum Gasteiger partial charge on any atom is 0.261 e. The van der Waals surface area contributed by atoms with Crippen LogP contribution in [0.2, 0.25) is 0 Å². The van der Waals surface area contributed by atoms with Crippen molar-refractivity contribution >= 4 is 28.8 Å². The summed E-state index contributed by atoms with van der Waals surface area (Å²) in [6, 6.07) is 5.71. The van der Waals surface area contributed by atoms with Crippen molar-refractivity contribution < 1.29 is 19.1 Å². The van der Waals surface area contributed by atoms with Crippen molar-refractivity contribution in [3.8, 4) is 0 Å². The van der Waals surface area contributed by atoms with Crippen LogP contribution in [0.25, 0.3) is 5.65 Å². The van der Waals surface area contributed by atoms with Crippen LogP contribution in [-0.2, 0) is 16.0 Å². The molecule has 2 amide bonds. The summed E-state index contributed by atoms with van der Waals surface area (Å²) < 4.78 is 12.6. The fraction of sp³-hybridized carbons (Fsp3) is 0.391. The van der Waals surface area contributed by atoms with Gasteiger partial charge in [-0.2, -0.15) is 5.10 Å². The fourth-order valence-electron chi connectivity index (χ4n) is 4.78. The highest BCUT2D eigenvalue weighted by atomic mass is 16.5. The van der Waals surface area contributed by atoms with Crippen molar-refractivity contribution in [2.24, 2.45) is 0 Å². The minimum absolute atomic E-state index is 0.0275. The van der Waals surface area contributed by atoms with Gasteiger partial charge in [0.05, 0.1) is 43.4 Å². The molecule has 1 atom stereocenters. The average Bonchev–Trinajstić information content (AvgIpc) is 3.58. The van der Waals surface area contributed by atoms with Gasteiger partial charge in [-0.05, 0) is 30.2 Å². The first-order valence-corrected chi connectivity index (χ1v) is 11.2. The smallest absolute Gasteiger partial charge is 0.261 e. The van der Waals surface area contributed by atoms with Gasteiger partial charge in [-0.1, -0.05) is 0 Å². The molecule has 0 spiro atoms. The SMILES string of the molecule is O=C(Nc1cc2c(cc1N1CCOCC1)C(=O)N(C1CCOC1)C2)c1cnn2cccnc12. The Labute approximate surface area is 190 Å². The molecule has 1 N–H and O–H groups in total. The Balaban J connectivity index is 1.36. The van der Waals surface area contributed by atoms with Gasteiger partial charge in [-0.3, -0.25) is 9.59 Å². The van der Waals surface area contributed by atoms with Gasteiger partial charge in [0, 0.05) is 44.2 Å². The first kappa shape index (κ1) is 20.1. The number of rotatable bonds is 4. The summed E-state index contributed by atoms with van der Waals surface area (Å²) in [5.41, 5.74) is 3.99. The molecule has 33 heavy (non-hydrogen) atoms. The molecule has 2 saturated heterocycles. The van der Waals surface area contributed by atoms with Crippen LogP contribution in [-0.4, -0.2) is 76.9 Å². The van der Waals surface area contributed by atoms with Crippen molar-refractivity contribution in [2.45, 2.75) is 19.0 Å². The summed E-state index contributed by atoms with van der Waals surface area (Å²) in [5, 5.41) is 7.28. The molecule has 1 aromatic carbocycles. The van der Waals surface area contributed by atoms with Gasteiger partial charge in [-0.15, -0.1) is 0 Å². The van der Waals surface area contributed by atoms with Crippen molar-refractivity contribution in [3.05, 3.63) is 53.5 Å². The number of amides is 2. The lowest BCUT2D eigenvalue weighted by molar-refractivity contribution is 0.0679. The number of anilines is 2. The van der Waals surface area contributed by atoms with E-state index in [0.717, 1.165) is 17.7 Å². The van der Waals surface area contributed by atoms with E-state index in [1.54, 1.807) is 23.0 Å². The number of nitrogens with zero attached hydrogens (tertiary/aromatic N) is 5. The number of carbonyl (C=O) groups excluding carboxylic acids is 2. The molecular weight excluding hydrogens is 424 g/mol. The predicted octanol–water partition coefficient (Wildman–Crippen LogP) is 1.56. The Morgan fingerprint density at radius 2 is 2.03 bits per heavy atom. The van der Waals surface area contributed by atoms with E-state index in [0.29, 0.717) is 68.5 Å². The quantitative estimate of drug-likeness (QED) is 0.646. The summed E-state index contributed by atoms with van der Waals surface area (Å²) in [4.78, 5) is 34.8. The molecule has 0 aliphatic carbocycles. The van der Waals surface area contributed by atoms with Gasteiger partial charge in [0.25, 0.3) is 11.8 Å². The standard InChI is InChI=1S/C23H24N6O4/c30-22(18-12-25-29-4-1-3-24-21(18)29)26-19-10-15-13-28(16-2-7-33-14-16)23(31)17(15)11-20(19)27-5-8-32-9-6-27/h1,3-4,10-12,16H,2,5-9,13-14H2,(H,26,30). The molecule has 0 saturated carbocycles. The predicted molar refractivity (Wildman–Crippen MR) is 120 cm³/mol. The van der Waals surface area contributed by atoms with Crippen molar-refractivity contribution in [2.75, 3.05) is 49.7 Å². The molecule has 170 valence electrons. The molecule has 2 aromatic heterocycles. The maximum absolute atomic E-state index is 13.2. The first-order valence-electron chi connectivity index (χ1n) is 11.2. The van der Waals surface area contributed by atoms with Gasteiger partial charge in [0.15, 0.2) is 5.65 Å². The van der Waals surface area contributed by atoms with E-state index in [4.69, 9.17) is 9.47 Å². The van der Waals surface area contributed by atoms with Crippen LogP contribution in [0, 0.1) is 0 Å². The number of nitrogens with one attached hydrogen (secondary N) is 1. The molecule has 0 radical (unpaired) electrons. The topological polar surface area (TPSA) is 101 Å². The molecular formula is C23H24N6O4. The molecule has 2 fully saturated rings. The van der Waals surface area contributed by atoms with Crippen LogP contribution >= 0.6 is 0 Å². The first-order chi connectivity index (χ1) is 16.2. The number of hydrogen-bond acceptors (Lipinski definition) is 7. The molecule has 3 aliphatic heterocycles. The van der Waals surface area contributed by atoms with E-state index in [1.165, 1.54) is 6.20 Å². The van der Waals surface area contributed by atoms with Gasteiger partial charge in [-0.25, -0.2) is 9.50 Å². The highest BCUT2D eigenvalue weighted by Crippen LogP contribution is 2.36. The van der Waals surface area contributed by atoms with Crippen LogP contribution in [0.3, 0.4) is 0 Å². The largest absolute Gasteiger partial charge is 0.379 e. The number of morpholine rings is 1. The van der Waals surface area contributed by atoms with Crippen molar-refractivity contribution in [1.29, 1.82) is 0 Å². The number of carbonyl (C=O) groups is 2. The Kier molecular flexibility index (Phi) is 4.96. The normalized spacial score (nSPS) is 20.5. The number of benzene rings is 1. The second-order valence-corrected chi connectivity index (χ2v) is 8.48. The second kappa shape index (κ2) is 8.13. The average molecular weight is 448 g/mol. The monoisotopic (exact) mass is 448 g/mol. The summed E-state index contributed by atoms with van der Waals surface area (Å²) in [7, 11) is 0. The maximum atomic E-state index is 13.2. The number of aromatic nitrogens is 3. The summed E-state index contributed by atoms with van der Waals surface area (Å²) in [6.45, 7) is 4.35. The lowest BCUT2D eigenvalue weighted by Gasteiger charge is -2.31. The van der Waals surface area contributed by atoms with E-state index in [1.807, 2.05) is 17.0 Å². The van der Waals surface area contributed by atoms with Crippen LogP contribution in [0.15, 0.2) is 36.8 Å². The third kappa shape index (κ3) is 3.51. The molecule has 10 nitrogen and oxygen atoms in total. The number of ether oxygens (including phenoxy) is 2. The zero-order valence-corrected chi connectivity index (χ0v) is 18.1. The Morgan fingerprint density at radius 1 is 1.15 bits per heavy atom. The van der Waals surface area contributed by atoms with Gasteiger partial charge in [0.2, 0.25) is 0 Å². The molecule has 1 unspecified atom stereocenters. The van der Waals surface area contributed by atoms with Crippen molar-refractivity contribution in [3.63, 3.8) is 0 Å². The fourth-order valence-corrected chi connectivity index (χ4v) is 4.78. The lowest BCUT2D eigenvalue weighted by atomic mass is 10.1. The second-order valence-electron chi connectivity index (χ2n) is 8.48. The highest BCUT2D eigenvalue weighted by molar-refractivity contribution is 6.10. The minimum atomic E-state index is -0.288. The zero-order valence-electron chi connectivity index (χ0n) is 18.1. The summed E-state index contributed by atoms with van der Waals surface area (Å²) in [6.07, 6.45) is 5.75. The third-order valence-corrected chi connectivity index (χ3v) is 6.52. The molecule has 0 bridgehead atoms. The minimum Gasteiger partial charge on any atom is -0.379 e. The molecule has 5 heterocycles. The van der Waals surface area contributed by atoms with E-state index in [2.05, 4.69) is 20.3 Å². The molecule has 10 heteroatoms. The van der Waals surface area contributed by atoms with E-state index >= 15 is 0 Å². The molecule has 3 aliphatic rings. The highest BCUT2D eigenvalue weighted by Gasteiger charge is 2.36. The summed E-state index contributed by atoms with van der Waals surface area (Å²) in [5.74, 6) is -0.261. The van der Waals surface area contributed by atoms with Gasteiger partial charge in [0.1, 0.15) is 5.56 Å².